The summed E-state index contributed by atoms with van der Waals surface area (Å²) in [4.78, 5) is 19.8. The van der Waals surface area contributed by atoms with Crippen LogP contribution in [0.3, 0.4) is 0 Å². The van der Waals surface area contributed by atoms with E-state index in [1.165, 1.54) is 22.5 Å². The highest BCUT2D eigenvalue weighted by Gasteiger charge is 2.31. The molecule has 1 amide bonds. The number of amides is 1. The van der Waals surface area contributed by atoms with Crippen molar-refractivity contribution in [3.05, 3.63) is 59.7 Å². The number of carbonyl (C=O) groups excluding carboxylic acids is 1. The zero-order valence-corrected chi connectivity index (χ0v) is 18.3. The van der Waals surface area contributed by atoms with Crippen LogP contribution in [0.5, 0.6) is 0 Å². The van der Waals surface area contributed by atoms with E-state index in [1.54, 1.807) is 0 Å². The second-order valence-corrected chi connectivity index (χ2v) is 8.63. The molecule has 4 rings (SSSR count). The molecule has 2 aliphatic rings. The Labute approximate surface area is 188 Å². The number of benzene rings is 2. The maximum absolute atomic E-state index is 12.6. The Morgan fingerprint density at radius 3 is 2.55 bits per heavy atom. The van der Waals surface area contributed by atoms with Crippen molar-refractivity contribution in [1.82, 2.24) is 10.2 Å². The lowest BCUT2D eigenvalue weighted by Gasteiger charge is -2.36. The fourth-order valence-corrected chi connectivity index (χ4v) is 4.65. The molecule has 2 heterocycles. The van der Waals surface area contributed by atoms with E-state index in [2.05, 4.69) is 63.3 Å². The molecule has 5 heteroatoms. The van der Waals surface area contributed by atoms with E-state index in [4.69, 9.17) is 0 Å². The maximum atomic E-state index is 12.6. The predicted molar refractivity (Wildman–Crippen MR) is 131 cm³/mol. The van der Waals surface area contributed by atoms with E-state index < -0.39 is 0 Å². The topological polar surface area (TPSA) is 38.8 Å². The number of nitrogens with zero attached hydrogens (tertiary/aromatic N) is 3. The van der Waals surface area contributed by atoms with Crippen LogP contribution in [0.4, 0.5) is 11.4 Å². The molecule has 1 atom stereocenters. The summed E-state index contributed by atoms with van der Waals surface area (Å²) >= 11 is 0. The molecule has 1 unspecified atom stereocenters. The summed E-state index contributed by atoms with van der Waals surface area (Å²) in [6, 6.07) is 17.0. The second-order valence-electron chi connectivity index (χ2n) is 8.63. The van der Waals surface area contributed by atoms with Gasteiger partial charge in [0.05, 0.1) is 0 Å². The van der Waals surface area contributed by atoms with Crippen LogP contribution in [0.1, 0.15) is 31.4 Å². The number of hydrogen-bond donors (Lipinski definition) is 1. The molecule has 1 saturated heterocycles. The van der Waals surface area contributed by atoms with Gasteiger partial charge in [-0.1, -0.05) is 37.8 Å². The Kier molecular flexibility index (Phi) is 7.97. The van der Waals surface area contributed by atoms with Crippen LogP contribution in [0.2, 0.25) is 0 Å². The summed E-state index contributed by atoms with van der Waals surface area (Å²) in [5.74, 6) is 0.153. The van der Waals surface area contributed by atoms with Crippen LogP contribution in [-0.4, -0.2) is 63.2 Å². The molecule has 5 nitrogen and oxygen atoms in total. The first-order chi connectivity index (χ1) is 14.6. The number of piperazine rings is 1. The number of nitrogens with one attached hydrogen (secondary N) is 1. The van der Waals surface area contributed by atoms with E-state index in [1.807, 2.05) is 19.2 Å². The molecule has 0 saturated carbocycles. The minimum atomic E-state index is -0.0721. The third kappa shape index (κ3) is 5.59. The van der Waals surface area contributed by atoms with Crippen molar-refractivity contribution in [2.75, 3.05) is 56.1 Å². The van der Waals surface area contributed by atoms with Gasteiger partial charge in [0.15, 0.2) is 0 Å². The second kappa shape index (κ2) is 10.7. The van der Waals surface area contributed by atoms with Gasteiger partial charge in [0.25, 0.3) is 0 Å². The molecule has 31 heavy (non-hydrogen) atoms. The van der Waals surface area contributed by atoms with Gasteiger partial charge in [-0.15, -0.1) is 0 Å². The molecule has 0 spiro atoms. The van der Waals surface area contributed by atoms with Crippen molar-refractivity contribution in [2.24, 2.45) is 0 Å². The predicted octanol–water partition coefficient (Wildman–Crippen LogP) is 3.71. The lowest BCUT2D eigenvalue weighted by atomic mass is 10.1. The molecule has 2 aromatic rings. The number of likely N-dealkylation sites (N-methyl/N-ethyl adjacent to an activating group) is 1. The largest absolute Gasteiger partial charge is 0.369 e. The normalized spacial score (nSPS) is 18.5. The first-order valence-electron chi connectivity index (χ1n) is 11.2. The van der Waals surface area contributed by atoms with Gasteiger partial charge < -0.3 is 15.1 Å². The minimum Gasteiger partial charge on any atom is -0.369 e. The Balaban J connectivity index is 0.00000272. The van der Waals surface area contributed by atoms with Gasteiger partial charge in [-0.3, -0.25) is 9.69 Å². The molecule has 2 aromatic carbocycles. The number of anilines is 2. The van der Waals surface area contributed by atoms with E-state index in [0.717, 1.165) is 58.5 Å². The number of aryl methyl sites for hydroxylation is 1. The summed E-state index contributed by atoms with van der Waals surface area (Å²) in [5, 5.41) is 3.15. The number of para-hydroxylation sites is 1. The van der Waals surface area contributed by atoms with E-state index in [-0.39, 0.29) is 19.4 Å². The molecule has 1 fully saturated rings. The van der Waals surface area contributed by atoms with Crippen LogP contribution < -0.4 is 15.1 Å². The molecule has 1 N–H and O–H groups in total. The Bertz CT molecular complexity index is 860. The fraction of sp³-hybridized carbons (Fsp3) is 0.500. The first-order valence-corrected chi connectivity index (χ1v) is 11.2. The molecule has 168 valence electrons. The van der Waals surface area contributed by atoms with Crippen molar-refractivity contribution in [1.29, 1.82) is 0 Å². The SMILES string of the molecule is C.Cc1cccc(N2CCN(CCCCNC(=O)C3Cc4ccccc4N3C)CC2)c1. The number of fused-ring (bicyclic) bond motifs is 1. The van der Waals surface area contributed by atoms with E-state index >= 15 is 0 Å². The summed E-state index contributed by atoms with van der Waals surface area (Å²) < 4.78 is 0. The lowest BCUT2D eigenvalue weighted by Crippen LogP contribution is -2.46. The van der Waals surface area contributed by atoms with Crippen LogP contribution in [0.25, 0.3) is 0 Å². The van der Waals surface area contributed by atoms with Gasteiger partial charge in [0, 0.05) is 57.6 Å². The lowest BCUT2D eigenvalue weighted by molar-refractivity contribution is -0.122. The van der Waals surface area contributed by atoms with Gasteiger partial charge in [0.2, 0.25) is 5.91 Å². The zero-order valence-electron chi connectivity index (χ0n) is 18.3. The van der Waals surface area contributed by atoms with Gasteiger partial charge in [-0.25, -0.2) is 0 Å². The number of rotatable bonds is 7. The number of hydrogen-bond acceptors (Lipinski definition) is 4. The van der Waals surface area contributed by atoms with Crippen molar-refractivity contribution in [2.45, 2.75) is 39.7 Å². The Morgan fingerprint density at radius 2 is 1.81 bits per heavy atom. The summed E-state index contributed by atoms with van der Waals surface area (Å²) in [6.45, 7) is 8.46. The summed E-state index contributed by atoms with van der Waals surface area (Å²) in [7, 11) is 2.02. The van der Waals surface area contributed by atoms with Crippen LogP contribution in [0.15, 0.2) is 48.5 Å². The monoisotopic (exact) mass is 422 g/mol. The third-order valence-corrected chi connectivity index (χ3v) is 6.49. The molecule has 0 bridgehead atoms. The Morgan fingerprint density at radius 1 is 1.03 bits per heavy atom. The van der Waals surface area contributed by atoms with Crippen molar-refractivity contribution in [3.8, 4) is 0 Å². The number of carbonyl (C=O) groups is 1. The summed E-state index contributed by atoms with van der Waals surface area (Å²) in [5.41, 5.74) is 5.12. The van der Waals surface area contributed by atoms with Gasteiger partial charge in [0.1, 0.15) is 6.04 Å². The zero-order chi connectivity index (χ0) is 20.9. The third-order valence-electron chi connectivity index (χ3n) is 6.49. The maximum Gasteiger partial charge on any atom is 0.243 e. The standard InChI is InChI=1S/C25H34N4O.CH4/c1-20-8-7-10-22(18-20)29-16-14-28(15-17-29)13-6-5-12-26-25(30)24-19-21-9-3-4-11-23(21)27(24)2;/h3-4,7-11,18,24H,5-6,12-17,19H2,1-2H3,(H,26,30);1H4. The molecule has 0 aromatic heterocycles. The number of unbranched alkanes of at least 4 members (excludes halogenated alkanes) is 1. The molecule has 2 aliphatic heterocycles. The highest BCUT2D eigenvalue weighted by Crippen LogP contribution is 2.30. The average molecular weight is 423 g/mol. The molecular weight excluding hydrogens is 384 g/mol. The van der Waals surface area contributed by atoms with Crippen LogP contribution in [-0.2, 0) is 11.2 Å². The molecule has 0 aliphatic carbocycles. The van der Waals surface area contributed by atoms with Gasteiger partial charge in [-0.2, -0.15) is 0 Å². The fourth-order valence-electron chi connectivity index (χ4n) is 4.65. The Hall–Kier alpha value is -2.53. The molecular formula is C26H38N4O. The first kappa shape index (κ1) is 23.1. The van der Waals surface area contributed by atoms with E-state index in [0.29, 0.717) is 0 Å². The highest BCUT2D eigenvalue weighted by molar-refractivity contribution is 5.88. The van der Waals surface area contributed by atoms with Crippen molar-refractivity contribution < 1.29 is 4.79 Å². The highest BCUT2D eigenvalue weighted by atomic mass is 16.2. The minimum absolute atomic E-state index is 0. The molecule has 0 radical (unpaired) electrons. The average Bonchev–Trinajstić information content (AvgIpc) is 3.11. The van der Waals surface area contributed by atoms with Crippen LogP contribution >= 0.6 is 0 Å². The van der Waals surface area contributed by atoms with Crippen molar-refractivity contribution >= 4 is 17.3 Å². The smallest absolute Gasteiger partial charge is 0.243 e. The van der Waals surface area contributed by atoms with Gasteiger partial charge >= 0.3 is 0 Å². The van der Waals surface area contributed by atoms with E-state index in [9.17, 15) is 4.79 Å². The quantitative estimate of drug-likeness (QED) is 0.691. The van der Waals surface area contributed by atoms with Crippen LogP contribution in [0, 0.1) is 6.92 Å². The van der Waals surface area contributed by atoms with Crippen molar-refractivity contribution in [3.63, 3.8) is 0 Å². The summed E-state index contributed by atoms with van der Waals surface area (Å²) in [6.07, 6.45) is 2.97. The van der Waals surface area contributed by atoms with Gasteiger partial charge in [-0.05, 0) is 55.6 Å².